The minimum absolute atomic E-state index is 0.210. The van der Waals surface area contributed by atoms with E-state index >= 15 is 0 Å². The lowest BCUT2D eigenvalue weighted by atomic mass is 9.88. The van der Waals surface area contributed by atoms with E-state index in [2.05, 4.69) is 11.4 Å². The fraction of sp³-hybridized carbons (Fsp3) is 0.389. The SMILES string of the molecule is CC1CC=CC=C1OC(=O)Nc1cccc2c1CC(O)CC2. The summed E-state index contributed by atoms with van der Waals surface area (Å²) in [5, 5.41) is 12.7. The molecule has 116 valence electrons. The van der Waals surface area contributed by atoms with Crippen molar-refractivity contribution in [1.82, 2.24) is 0 Å². The zero-order valence-electron chi connectivity index (χ0n) is 12.7. The molecule has 4 nitrogen and oxygen atoms in total. The van der Waals surface area contributed by atoms with E-state index in [-0.39, 0.29) is 12.0 Å². The summed E-state index contributed by atoms with van der Waals surface area (Å²) in [7, 11) is 0. The van der Waals surface area contributed by atoms with Gasteiger partial charge in [0.1, 0.15) is 5.76 Å². The first-order valence-corrected chi connectivity index (χ1v) is 7.78. The highest BCUT2D eigenvalue weighted by Crippen LogP contribution is 2.29. The second-order valence-corrected chi connectivity index (χ2v) is 5.99. The molecular weight excluding hydrogens is 278 g/mol. The first kappa shape index (κ1) is 14.9. The third kappa shape index (κ3) is 3.22. The van der Waals surface area contributed by atoms with E-state index in [1.54, 1.807) is 0 Å². The van der Waals surface area contributed by atoms with Gasteiger partial charge >= 0.3 is 6.09 Å². The molecule has 1 aromatic rings. The summed E-state index contributed by atoms with van der Waals surface area (Å²) in [5.74, 6) is 0.895. The van der Waals surface area contributed by atoms with Gasteiger partial charge in [0.05, 0.1) is 6.10 Å². The summed E-state index contributed by atoms with van der Waals surface area (Å²) in [6.07, 6.45) is 8.07. The highest BCUT2D eigenvalue weighted by molar-refractivity contribution is 5.86. The number of hydrogen-bond acceptors (Lipinski definition) is 3. The second-order valence-electron chi connectivity index (χ2n) is 5.99. The Balaban J connectivity index is 1.72. The summed E-state index contributed by atoms with van der Waals surface area (Å²) in [6, 6.07) is 5.84. The number of allylic oxidation sites excluding steroid dienone is 4. The van der Waals surface area contributed by atoms with Crippen molar-refractivity contribution in [3.63, 3.8) is 0 Å². The van der Waals surface area contributed by atoms with Gasteiger partial charge in [-0.1, -0.05) is 31.2 Å². The van der Waals surface area contributed by atoms with E-state index in [0.717, 1.165) is 30.5 Å². The number of aryl methyl sites for hydroxylation is 1. The van der Waals surface area contributed by atoms with Crippen molar-refractivity contribution in [3.05, 3.63) is 53.3 Å². The first-order valence-electron chi connectivity index (χ1n) is 7.78. The Morgan fingerprint density at radius 1 is 1.41 bits per heavy atom. The van der Waals surface area contributed by atoms with Crippen LogP contribution in [0.2, 0.25) is 0 Å². The van der Waals surface area contributed by atoms with E-state index in [4.69, 9.17) is 4.74 Å². The number of fused-ring (bicyclic) bond motifs is 1. The van der Waals surface area contributed by atoms with Crippen LogP contribution in [0, 0.1) is 5.92 Å². The third-order valence-corrected chi connectivity index (χ3v) is 4.28. The zero-order valence-corrected chi connectivity index (χ0v) is 12.7. The summed E-state index contributed by atoms with van der Waals surface area (Å²) in [4.78, 5) is 12.1. The van der Waals surface area contributed by atoms with Crippen LogP contribution in [0.25, 0.3) is 0 Å². The Bertz CT molecular complexity index is 633. The maximum absolute atomic E-state index is 12.1. The summed E-state index contributed by atoms with van der Waals surface area (Å²) < 4.78 is 5.42. The van der Waals surface area contributed by atoms with Crippen molar-refractivity contribution in [1.29, 1.82) is 0 Å². The van der Waals surface area contributed by atoms with Crippen LogP contribution in [0.4, 0.5) is 10.5 Å². The predicted molar refractivity (Wildman–Crippen MR) is 85.6 cm³/mol. The van der Waals surface area contributed by atoms with E-state index in [0.29, 0.717) is 12.2 Å². The number of carbonyl (C=O) groups excluding carboxylic acids is 1. The Labute approximate surface area is 130 Å². The lowest BCUT2D eigenvalue weighted by Crippen LogP contribution is -2.22. The second kappa shape index (κ2) is 6.36. The molecular formula is C18H21NO3. The molecule has 0 aromatic heterocycles. The van der Waals surface area contributed by atoms with Crippen LogP contribution in [0.1, 0.15) is 30.9 Å². The minimum Gasteiger partial charge on any atom is -0.414 e. The summed E-state index contributed by atoms with van der Waals surface area (Å²) in [5.41, 5.74) is 2.95. The molecule has 0 saturated heterocycles. The lowest BCUT2D eigenvalue weighted by molar-refractivity contribution is 0.158. The smallest absolute Gasteiger partial charge is 0.414 e. The molecule has 2 aliphatic carbocycles. The molecule has 2 N–H and O–H groups in total. The van der Waals surface area contributed by atoms with Crippen molar-refractivity contribution in [3.8, 4) is 0 Å². The van der Waals surface area contributed by atoms with Gasteiger partial charge in [0, 0.05) is 18.0 Å². The fourth-order valence-electron chi connectivity index (χ4n) is 2.99. The zero-order chi connectivity index (χ0) is 15.5. The molecule has 0 heterocycles. The van der Waals surface area contributed by atoms with Crippen molar-refractivity contribution >= 4 is 11.8 Å². The largest absolute Gasteiger partial charge is 0.416 e. The van der Waals surface area contributed by atoms with Gasteiger partial charge < -0.3 is 9.84 Å². The van der Waals surface area contributed by atoms with Gasteiger partial charge in [-0.15, -0.1) is 0 Å². The number of benzene rings is 1. The number of ether oxygens (including phenoxy) is 1. The van der Waals surface area contributed by atoms with Gasteiger partial charge in [0.15, 0.2) is 0 Å². The minimum atomic E-state index is -0.470. The molecule has 22 heavy (non-hydrogen) atoms. The van der Waals surface area contributed by atoms with Gasteiger partial charge in [0.25, 0.3) is 0 Å². The van der Waals surface area contributed by atoms with Crippen molar-refractivity contribution in [2.24, 2.45) is 5.92 Å². The molecule has 0 fully saturated rings. The molecule has 0 radical (unpaired) electrons. The molecule has 1 amide bonds. The third-order valence-electron chi connectivity index (χ3n) is 4.28. The number of hydrogen-bond donors (Lipinski definition) is 2. The van der Waals surface area contributed by atoms with Crippen molar-refractivity contribution in [2.75, 3.05) is 5.32 Å². The van der Waals surface area contributed by atoms with Crippen LogP contribution in [0.3, 0.4) is 0 Å². The molecule has 0 bridgehead atoms. The Hall–Kier alpha value is -2.07. The average molecular weight is 299 g/mol. The lowest BCUT2D eigenvalue weighted by Gasteiger charge is -2.23. The predicted octanol–water partition coefficient (Wildman–Crippen LogP) is 3.56. The number of aliphatic hydroxyl groups is 1. The maximum Gasteiger partial charge on any atom is 0.416 e. The fourth-order valence-corrected chi connectivity index (χ4v) is 2.99. The van der Waals surface area contributed by atoms with E-state index in [9.17, 15) is 9.90 Å². The number of amides is 1. The highest BCUT2D eigenvalue weighted by atomic mass is 16.6. The number of carbonyl (C=O) groups is 1. The van der Waals surface area contributed by atoms with Crippen LogP contribution in [0.15, 0.2) is 42.2 Å². The van der Waals surface area contributed by atoms with E-state index in [1.807, 2.05) is 37.3 Å². The highest BCUT2D eigenvalue weighted by Gasteiger charge is 2.21. The van der Waals surface area contributed by atoms with Crippen LogP contribution < -0.4 is 5.32 Å². The maximum atomic E-state index is 12.1. The van der Waals surface area contributed by atoms with Crippen LogP contribution in [0.5, 0.6) is 0 Å². The molecule has 2 atom stereocenters. The number of aliphatic hydroxyl groups excluding tert-OH is 1. The van der Waals surface area contributed by atoms with Gasteiger partial charge in [-0.25, -0.2) is 4.79 Å². The van der Waals surface area contributed by atoms with Gasteiger partial charge in [0.2, 0.25) is 0 Å². The molecule has 2 unspecified atom stereocenters. The molecule has 2 aliphatic rings. The van der Waals surface area contributed by atoms with Crippen LogP contribution in [-0.2, 0) is 17.6 Å². The number of rotatable bonds is 2. The van der Waals surface area contributed by atoms with Gasteiger partial charge in [-0.3, -0.25) is 5.32 Å². The molecule has 3 rings (SSSR count). The van der Waals surface area contributed by atoms with Gasteiger partial charge in [-0.2, -0.15) is 0 Å². The Kier molecular flexibility index (Phi) is 4.29. The Morgan fingerprint density at radius 3 is 3.09 bits per heavy atom. The van der Waals surface area contributed by atoms with Crippen molar-refractivity contribution in [2.45, 2.75) is 38.7 Å². The summed E-state index contributed by atoms with van der Waals surface area (Å²) in [6.45, 7) is 2.03. The molecule has 0 saturated carbocycles. The monoisotopic (exact) mass is 299 g/mol. The van der Waals surface area contributed by atoms with E-state index < -0.39 is 6.09 Å². The summed E-state index contributed by atoms with van der Waals surface area (Å²) >= 11 is 0. The number of anilines is 1. The molecule has 4 heteroatoms. The quantitative estimate of drug-likeness (QED) is 0.877. The Morgan fingerprint density at radius 2 is 2.27 bits per heavy atom. The average Bonchev–Trinajstić information content (AvgIpc) is 2.50. The first-order chi connectivity index (χ1) is 10.6. The standard InChI is InChI=1S/C18H21NO3/c1-12-5-2-3-8-17(12)22-18(21)19-16-7-4-6-13-9-10-14(20)11-15(13)16/h2-4,6-8,12,14,20H,5,9-11H2,1H3,(H,19,21). The van der Waals surface area contributed by atoms with Gasteiger partial charge in [-0.05, 0) is 42.5 Å². The number of nitrogens with one attached hydrogen (secondary N) is 1. The molecule has 1 aromatic carbocycles. The molecule has 0 aliphatic heterocycles. The van der Waals surface area contributed by atoms with Crippen LogP contribution in [-0.4, -0.2) is 17.3 Å². The molecule has 0 spiro atoms. The van der Waals surface area contributed by atoms with E-state index in [1.165, 1.54) is 5.56 Å². The van der Waals surface area contributed by atoms with Crippen molar-refractivity contribution < 1.29 is 14.6 Å². The normalized spacial score (nSPS) is 23.5. The topological polar surface area (TPSA) is 58.6 Å². The van der Waals surface area contributed by atoms with Crippen LogP contribution >= 0.6 is 0 Å².